The Kier molecular flexibility index (Phi) is 6.30. The molecule has 1 aromatic rings. The quantitative estimate of drug-likeness (QED) is 0.514. The summed E-state index contributed by atoms with van der Waals surface area (Å²) in [4.78, 5) is 2.85. The molecule has 0 bridgehead atoms. The summed E-state index contributed by atoms with van der Waals surface area (Å²) in [6, 6.07) is 4.09. The summed E-state index contributed by atoms with van der Waals surface area (Å²) < 4.78 is 26.0. The van der Waals surface area contributed by atoms with Gasteiger partial charge in [-0.2, -0.15) is 13.5 Å². The van der Waals surface area contributed by atoms with Gasteiger partial charge in [0.2, 0.25) is 0 Å². The van der Waals surface area contributed by atoms with Gasteiger partial charge in [0, 0.05) is 6.21 Å². The van der Waals surface area contributed by atoms with Crippen LogP contribution in [0.1, 0.15) is 95.2 Å². The van der Waals surface area contributed by atoms with Crippen LogP contribution in [0.3, 0.4) is 0 Å². The predicted molar refractivity (Wildman–Crippen MR) is 105 cm³/mol. The van der Waals surface area contributed by atoms with E-state index < -0.39 is 10.0 Å². The number of rotatable bonds is 8. The first-order valence-corrected chi connectivity index (χ1v) is 10.8. The lowest BCUT2D eigenvalue weighted by molar-refractivity contribution is 0.579. The Morgan fingerprint density at radius 1 is 1.04 bits per heavy atom. The molecule has 1 N–H and O–H groups in total. The maximum atomic E-state index is 13.0. The fraction of sp³-hybridized carbons (Fsp3) is 0.650. The van der Waals surface area contributed by atoms with Gasteiger partial charge in [-0.3, -0.25) is 0 Å². The number of nitrogens with one attached hydrogen (secondary N) is 1. The van der Waals surface area contributed by atoms with E-state index in [9.17, 15) is 8.42 Å². The van der Waals surface area contributed by atoms with E-state index in [-0.39, 0.29) is 11.8 Å². The van der Waals surface area contributed by atoms with Crippen LogP contribution in [0.4, 0.5) is 0 Å². The Morgan fingerprint density at radius 3 is 1.96 bits per heavy atom. The van der Waals surface area contributed by atoms with Crippen molar-refractivity contribution in [3.63, 3.8) is 0 Å². The molecule has 0 saturated heterocycles. The van der Waals surface area contributed by atoms with Crippen molar-refractivity contribution in [3.8, 4) is 0 Å². The first-order chi connectivity index (χ1) is 11.6. The smallest absolute Gasteiger partial charge is 0.200 e. The minimum Gasteiger partial charge on any atom is -0.200 e. The molecule has 1 aromatic carbocycles. The van der Waals surface area contributed by atoms with Gasteiger partial charge in [-0.05, 0) is 59.6 Å². The molecule has 1 saturated carbocycles. The summed E-state index contributed by atoms with van der Waals surface area (Å²) in [6.45, 7) is 12.4. The van der Waals surface area contributed by atoms with Crippen molar-refractivity contribution >= 4 is 16.2 Å². The maximum absolute atomic E-state index is 13.0. The Labute approximate surface area is 153 Å². The van der Waals surface area contributed by atoms with E-state index in [4.69, 9.17) is 0 Å². The van der Waals surface area contributed by atoms with Gasteiger partial charge in [0.1, 0.15) is 0 Å². The fourth-order valence-electron chi connectivity index (χ4n) is 2.91. The van der Waals surface area contributed by atoms with E-state index in [1.807, 2.05) is 39.8 Å². The molecule has 4 nitrogen and oxygen atoms in total. The first kappa shape index (κ1) is 20.0. The van der Waals surface area contributed by atoms with Crippen LogP contribution < -0.4 is 4.83 Å². The Morgan fingerprint density at radius 2 is 1.56 bits per heavy atom. The Bertz CT molecular complexity index is 701. The van der Waals surface area contributed by atoms with E-state index in [1.165, 1.54) is 18.4 Å². The third-order valence-corrected chi connectivity index (χ3v) is 6.10. The lowest BCUT2D eigenvalue weighted by Crippen LogP contribution is -2.23. The van der Waals surface area contributed by atoms with Gasteiger partial charge in [-0.15, -0.1) is 0 Å². The zero-order valence-electron chi connectivity index (χ0n) is 16.3. The molecule has 2 rings (SSSR count). The van der Waals surface area contributed by atoms with E-state index >= 15 is 0 Å². The fourth-order valence-corrected chi connectivity index (χ4v) is 4.42. The largest absolute Gasteiger partial charge is 0.277 e. The Balaban J connectivity index is 2.46. The van der Waals surface area contributed by atoms with Crippen molar-refractivity contribution in [1.29, 1.82) is 0 Å². The molecule has 0 atom stereocenters. The van der Waals surface area contributed by atoms with Gasteiger partial charge in [-0.25, -0.2) is 4.83 Å². The van der Waals surface area contributed by atoms with E-state index in [0.717, 1.165) is 17.5 Å². The standard InChI is InChI=1S/C20H32N2O2S/c1-13(2)17-11-18(14(3)4)20(19(12-17)15(5)6)25(23,24)22-21-10-9-16-7-8-16/h10-16,22H,7-9H2,1-6H3/b21-10+. The van der Waals surface area contributed by atoms with Crippen LogP contribution in [0.15, 0.2) is 22.1 Å². The maximum Gasteiger partial charge on any atom is 0.277 e. The molecule has 0 aliphatic heterocycles. The van der Waals surface area contributed by atoms with Gasteiger partial charge in [-0.1, -0.05) is 53.7 Å². The third kappa shape index (κ3) is 5.06. The van der Waals surface area contributed by atoms with Crippen LogP contribution in [-0.2, 0) is 10.0 Å². The van der Waals surface area contributed by atoms with E-state index in [2.05, 4.69) is 23.8 Å². The highest BCUT2D eigenvalue weighted by atomic mass is 32.2. The molecule has 5 heteroatoms. The molecular weight excluding hydrogens is 332 g/mol. The van der Waals surface area contributed by atoms with Crippen molar-refractivity contribution in [2.24, 2.45) is 11.0 Å². The third-order valence-electron chi connectivity index (χ3n) is 4.75. The second kappa shape index (κ2) is 7.90. The SMILES string of the molecule is CC(C)c1cc(C(C)C)c(S(=O)(=O)N/N=C/CC2CC2)c(C(C)C)c1. The van der Waals surface area contributed by atoms with Crippen LogP contribution >= 0.6 is 0 Å². The summed E-state index contributed by atoms with van der Waals surface area (Å²) in [5.74, 6) is 1.30. The second-order valence-electron chi connectivity index (χ2n) is 8.08. The lowest BCUT2D eigenvalue weighted by Gasteiger charge is -2.22. The molecule has 1 aliphatic rings. The summed E-state index contributed by atoms with van der Waals surface area (Å²) in [5.41, 5.74) is 2.93. The number of hydrazone groups is 1. The van der Waals surface area contributed by atoms with Crippen molar-refractivity contribution in [2.45, 2.75) is 83.5 Å². The first-order valence-electron chi connectivity index (χ1n) is 9.34. The van der Waals surface area contributed by atoms with E-state index in [1.54, 1.807) is 6.21 Å². The minimum atomic E-state index is -3.68. The molecule has 0 radical (unpaired) electrons. The van der Waals surface area contributed by atoms with Gasteiger partial charge in [0.05, 0.1) is 4.90 Å². The van der Waals surface area contributed by atoms with Crippen LogP contribution in [0, 0.1) is 5.92 Å². The number of hydrogen-bond donors (Lipinski definition) is 1. The summed E-state index contributed by atoms with van der Waals surface area (Å²) >= 11 is 0. The number of sulfonamides is 1. The average Bonchev–Trinajstić information content (AvgIpc) is 3.34. The zero-order valence-corrected chi connectivity index (χ0v) is 17.2. The molecule has 0 unspecified atom stereocenters. The summed E-state index contributed by atoms with van der Waals surface area (Å²) in [6.07, 6.45) is 5.00. The second-order valence-corrected chi connectivity index (χ2v) is 9.68. The molecule has 25 heavy (non-hydrogen) atoms. The summed E-state index contributed by atoms with van der Waals surface area (Å²) in [5, 5.41) is 4.00. The van der Waals surface area contributed by atoms with Gasteiger partial charge in [0.15, 0.2) is 0 Å². The van der Waals surface area contributed by atoms with Crippen LogP contribution in [0.2, 0.25) is 0 Å². The number of hydrogen-bond acceptors (Lipinski definition) is 3. The molecule has 0 spiro atoms. The predicted octanol–water partition coefficient (Wildman–Crippen LogP) is 5.12. The van der Waals surface area contributed by atoms with Crippen molar-refractivity contribution in [1.82, 2.24) is 4.83 Å². The average molecular weight is 365 g/mol. The van der Waals surface area contributed by atoms with Crippen LogP contribution in [0.25, 0.3) is 0 Å². The Hall–Kier alpha value is -1.36. The molecule has 1 aliphatic carbocycles. The van der Waals surface area contributed by atoms with Crippen molar-refractivity contribution in [2.75, 3.05) is 0 Å². The van der Waals surface area contributed by atoms with Gasteiger partial charge in [0.25, 0.3) is 10.0 Å². The molecule has 0 aromatic heterocycles. The van der Waals surface area contributed by atoms with Crippen molar-refractivity contribution < 1.29 is 8.42 Å². The van der Waals surface area contributed by atoms with E-state index in [0.29, 0.717) is 16.7 Å². The number of nitrogens with zero attached hydrogens (tertiary/aromatic N) is 1. The molecule has 0 amide bonds. The normalized spacial score (nSPS) is 15.7. The van der Waals surface area contributed by atoms with Gasteiger partial charge >= 0.3 is 0 Å². The summed E-state index contributed by atoms with van der Waals surface area (Å²) in [7, 11) is -3.68. The number of benzene rings is 1. The van der Waals surface area contributed by atoms with Crippen LogP contribution in [-0.4, -0.2) is 14.6 Å². The lowest BCUT2D eigenvalue weighted by atomic mass is 9.89. The molecule has 1 fully saturated rings. The highest BCUT2D eigenvalue weighted by molar-refractivity contribution is 7.89. The van der Waals surface area contributed by atoms with Crippen molar-refractivity contribution in [3.05, 3.63) is 28.8 Å². The minimum absolute atomic E-state index is 0.123. The topological polar surface area (TPSA) is 58.5 Å². The highest BCUT2D eigenvalue weighted by Crippen LogP contribution is 2.35. The van der Waals surface area contributed by atoms with Crippen LogP contribution in [0.5, 0.6) is 0 Å². The highest BCUT2D eigenvalue weighted by Gasteiger charge is 2.26. The molecule has 0 heterocycles. The monoisotopic (exact) mass is 364 g/mol. The van der Waals surface area contributed by atoms with Gasteiger partial charge < -0.3 is 0 Å². The molecular formula is C20H32N2O2S. The molecule has 140 valence electrons. The zero-order chi connectivity index (χ0) is 18.8.